The second-order valence-electron chi connectivity index (χ2n) is 5.10. The van der Waals surface area contributed by atoms with Crippen LogP contribution in [-0.4, -0.2) is 25.9 Å². The molecule has 0 saturated carbocycles. The maximum Gasteiger partial charge on any atom is 0.230 e. The fourth-order valence-corrected chi connectivity index (χ4v) is 4.25. The average Bonchev–Trinajstić information content (AvgIpc) is 2.99. The van der Waals surface area contributed by atoms with Crippen LogP contribution in [0.5, 0.6) is 11.5 Å². The van der Waals surface area contributed by atoms with E-state index in [4.69, 9.17) is 21.1 Å². The van der Waals surface area contributed by atoms with Crippen molar-refractivity contribution in [1.82, 2.24) is 5.32 Å². The van der Waals surface area contributed by atoms with E-state index in [1.165, 1.54) is 4.88 Å². The van der Waals surface area contributed by atoms with Crippen molar-refractivity contribution in [3.8, 4) is 11.5 Å². The zero-order valence-electron chi connectivity index (χ0n) is 13.8. The molecule has 2 aromatic rings. The van der Waals surface area contributed by atoms with Gasteiger partial charge in [0.15, 0.2) is 0 Å². The van der Waals surface area contributed by atoms with E-state index in [-0.39, 0.29) is 11.9 Å². The summed E-state index contributed by atoms with van der Waals surface area (Å²) in [6.45, 7) is 1.93. The summed E-state index contributed by atoms with van der Waals surface area (Å²) >= 11 is 9.01. The minimum Gasteiger partial charge on any atom is -0.497 e. The summed E-state index contributed by atoms with van der Waals surface area (Å²) in [4.78, 5) is 13.3. The molecule has 1 atom stereocenters. The summed E-state index contributed by atoms with van der Waals surface area (Å²) in [6.07, 6.45) is 0. The number of methoxy groups -OCH3 is 2. The van der Waals surface area contributed by atoms with Gasteiger partial charge in [0.2, 0.25) is 5.91 Å². The van der Waals surface area contributed by atoms with E-state index in [2.05, 4.69) is 5.32 Å². The standard InChI is InChI=1S/C17H20ClNO3S2/c1-11(14-8-12(21-2)4-6-15(14)22-3)19-17(20)10-23-9-13-5-7-16(18)24-13/h4-8,11H,9-10H2,1-3H3,(H,19,20)/t11-/m0/s1. The molecule has 0 unspecified atom stereocenters. The van der Waals surface area contributed by atoms with E-state index >= 15 is 0 Å². The first-order valence-corrected chi connectivity index (χ1v) is 9.71. The highest BCUT2D eigenvalue weighted by Crippen LogP contribution is 2.29. The number of thioether (sulfide) groups is 1. The van der Waals surface area contributed by atoms with Gasteiger partial charge in [0.25, 0.3) is 0 Å². The molecule has 0 aliphatic rings. The molecule has 2 rings (SSSR count). The van der Waals surface area contributed by atoms with Gasteiger partial charge in [-0.15, -0.1) is 23.1 Å². The number of benzene rings is 1. The topological polar surface area (TPSA) is 47.6 Å². The monoisotopic (exact) mass is 385 g/mol. The van der Waals surface area contributed by atoms with Crippen molar-refractivity contribution in [3.63, 3.8) is 0 Å². The Hall–Kier alpha value is -1.37. The van der Waals surface area contributed by atoms with Crippen molar-refractivity contribution < 1.29 is 14.3 Å². The molecule has 1 N–H and O–H groups in total. The molecule has 0 saturated heterocycles. The molecule has 1 aromatic heterocycles. The first kappa shape index (κ1) is 19.0. The van der Waals surface area contributed by atoms with Gasteiger partial charge in [0.1, 0.15) is 11.5 Å². The van der Waals surface area contributed by atoms with Crippen LogP contribution in [0.3, 0.4) is 0 Å². The molecule has 1 aromatic carbocycles. The molecule has 0 aliphatic heterocycles. The van der Waals surface area contributed by atoms with Gasteiger partial charge in [-0.25, -0.2) is 0 Å². The summed E-state index contributed by atoms with van der Waals surface area (Å²) in [7, 11) is 3.23. The molecule has 130 valence electrons. The summed E-state index contributed by atoms with van der Waals surface area (Å²) in [5, 5.41) is 3.00. The number of halogens is 1. The smallest absolute Gasteiger partial charge is 0.230 e. The third-order valence-electron chi connectivity index (χ3n) is 3.39. The number of nitrogens with one attached hydrogen (secondary N) is 1. The van der Waals surface area contributed by atoms with Crippen molar-refractivity contribution in [1.29, 1.82) is 0 Å². The van der Waals surface area contributed by atoms with Crippen molar-refractivity contribution in [2.45, 2.75) is 18.7 Å². The van der Waals surface area contributed by atoms with Crippen molar-refractivity contribution in [2.24, 2.45) is 0 Å². The zero-order valence-corrected chi connectivity index (χ0v) is 16.2. The minimum atomic E-state index is -0.167. The Kier molecular flexibility index (Phi) is 7.27. The Morgan fingerprint density at radius 1 is 1.29 bits per heavy atom. The number of hydrogen-bond acceptors (Lipinski definition) is 5. The molecule has 0 radical (unpaired) electrons. The van der Waals surface area contributed by atoms with Crippen LogP contribution in [0.15, 0.2) is 30.3 Å². The highest BCUT2D eigenvalue weighted by Gasteiger charge is 2.15. The van der Waals surface area contributed by atoms with Crippen LogP contribution in [0.4, 0.5) is 0 Å². The van der Waals surface area contributed by atoms with Gasteiger partial charge >= 0.3 is 0 Å². The molecule has 0 spiro atoms. The molecule has 4 nitrogen and oxygen atoms in total. The van der Waals surface area contributed by atoms with E-state index in [0.29, 0.717) is 5.75 Å². The fourth-order valence-electron chi connectivity index (χ4n) is 2.21. The Morgan fingerprint density at radius 3 is 2.71 bits per heavy atom. The first-order valence-electron chi connectivity index (χ1n) is 7.36. The van der Waals surface area contributed by atoms with Crippen LogP contribution in [0.2, 0.25) is 4.34 Å². The van der Waals surface area contributed by atoms with Gasteiger partial charge in [-0.2, -0.15) is 0 Å². The maximum absolute atomic E-state index is 12.1. The van der Waals surface area contributed by atoms with Crippen LogP contribution in [0.25, 0.3) is 0 Å². The highest BCUT2D eigenvalue weighted by molar-refractivity contribution is 7.99. The Bertz CT molecular complexity index is 690. The molecule has 7 heteroatoms. The van der Waals surface area contributed by atoms with E-state index in [9.17, 15) is 4.79 Å². The molecule has 1 amide bonds. The second-order valence-corrected chi connectivity index (χ2v) is 7.88. The van der Waals surface area contributed by atoms with E-state index in [1.54, 1.807) is 37.3 Å². The molecule has 0 bridgehead atoms. The van der Waals surface area contributed by atoms with Gasteiger partial charge < -0.3 is 14.8 Å². The minimum absolute atomic E-state index is 0.0139. The van der Waals surface area contributed by atoms with E-state index in [1.807, 2.05) is 37.3 Å². The Morgan fingerprint density at radius 2 is 2.08 bits per heavy atom. The van der Waals surface area contributed by atoms with Gasteiger partial charge in [0, 0.05) is 16.2 Å². The van der Waals surface area contributed by atoms with Gasteiger partial charge in [-0.1, -0.05) is 11.6 Å². The normalized spacial score (nSPS) is 11.8. The van der Waals surface area contributed by atoms with Crippen molar-refractivity contribution in [3.05, 3.63) is 45.1 Å². The Labute approximate surface area is 155 Å². The molecular weight excluding hydrogens is 366 g/mol. The lowest BCUT2D eigenvalue weighted by Crippen LogP contribution is -2.28. The summed E-state index contributed by atoms with van der Waals surface area (Å²) in [5.41, 5.74) is 0.889. The Balaban J connectivity index is 1.88. The number of thiophene rings is 1. The average molecular weight is 386 g/mol. The SMILES string of the molecule is COc1ccc(OC)c([C@H](C)NC(=O)CSCc2ccc(Cl)s2)c1. The molecule has 0 aliphatic carbocycles. The predicted octanol–water partition coefficient (Wildman–Crippen LogP) is 4.53. The molecule has 1 heterocycles. The number of rotatable bonds is 8. The largest absolute Gasteiger partial charge is 0.497 e. The number of amides is 1. The lowest BCUT2D eigenvalue weighted by atomic mass is 10.1. The lowest BCUT2D eigenvalue weighted by molar-refractivity contribution is -0.119. The van der Waals surface area contributed by atoms with E-state index < -0.39 is 0 Å². The second kappa shape index (κ2) is 9.20. The molecular formula is C17H20ClNO3S2. The number of hydrogen-bond donors (Lipinski definition) is 1. The number of carbonyl (C=O) groups excluding carboxylic acids is 1. The summed E-state index contributed by atoms with van der Waals surface area (Å²) in [5.74, 6) is 2.62. The first-order chi connectivity index (χ1) is 11.5. The van der Waals surface area contributed by atoms with Crippen LogP contribution in [-0.2, 0) is 10.5 Å². The van der Waals surface area contributed by atoms with E-state index in [0.717, 1.165) is 27.2 Å². The number of carbonyl (C=O) groups is 1. The van der Waals surface area contributed by atoms with Crippen molar-refractivity contribution in [2.75, 3.05) is 20.0 Å². The van der Waals surface area contributed by atoms with Crippen LogP contribution >= 0.6 is 34.7 Å². The molecule has 0 fully saturated rings. The van der Waals surface area contributed by atoms with Crippen LogP contribution in [0.1, 0.15) is 23.4 Å². The number of ether oxygens (including phenoxy) is 2. The van der Waals surface area contributed by atoms with Crippen LogP contribution in [0, 0.1) is 0 Å². The van der Waals surface area contributed by atoms with Crippen LogP contribution < -0.4 is 14.8 Å². The lowest BCUT2D eigenvalue weighted by Gasteiger charge is -2.18. The highest BCUT2D eigenvalue weighted by atomic mass is 35.5. The fraction of sp³-hybridized carbons (Fsp3) is 0.353. The molecule has 24 heavy (non-hydrogen) atoms. The zero-order chi connectivity index (χ0) is 17.5. The quantitative estimate of drug-likeness (QED) is 0.725. The maximum atomic E-state index is 12.1. The summed E-state index contributed by atoms with van der Waals surface area (Å²) in [6, 6.07) is 9.25. The third kappa shape index (κ3) is 5.33. The van der Waals surface area contributed by atoms with Crippen molar-refractivity contribution >= 4 is 40.6 Å². The van der Waals surface area contributed by atoms with Gasteiger partial charge in [-0.3, -0.25) is 4.79 Å². The predicted molar refractivity (Wildman–Crippen MR) is 102 cm³/mol. The van der Waals surface area contributed by atoms with Gasteiger partial charge in [-0.05, 0) is 37.3 Å². The third-order valence-corrected chi connectivity index (χ3v) is 5.78. The summed E-state index contributed by atoms with van der Waals surface area (Å²) < 4.78 is 11.4. The van der Waals surface area contributed by atoms with Gasteiger partial charge in [0.05, 0.1) is 30.4 Å².